The summed E-state index contributed by atoms with van der Waals surface area (Å²) in [7, 11) is 0. The minimum absolute atomic E-state index is 0.0193. The predicted molar refractivity (Wildman–Crippen MR) is 78.0 cm³/mol. The Morgan fingerprint density at radius 3 is 3.05 bits per heavy atom. The van der Waals surface area contributed by atoms with Gasteiger partial charge < -0.3 is 19.6 Å². The molecule has 1 aromatic heterocycles. The van der Waals surface area contributed by atoms with Gasteiger partial charge in [0.05, 0.1) is 12.6 Å². The van der Waals surface area contributed by atoms with E-state index in [1.54, 1.807) is 0 Å². The highest BCUT2D eigenvalue weighted by atomic mass is 35.5. The molecule has 1 saturated heterocycles. The van der Waals surface area contributed by atoms with Crippen LogP contribution in [0.4, 0.5) is 0 Å². The average molecular weight is 296 g/mol. The molecular formula is C15H18ClNO3. The van der Waals surface area contributed by atoms with Gasteiger partial charge in [-0.15, -0.1) is 0 Å². The molecule has 0 spiro atoms. The Kier molecular flexibility index (Phi) is 3.73. The van der Waals surface area contributed by atoms with Gasteiger partial charge >= 0.3 is 0 Å². The molecule has 0 radical (unpaired) electrons. The zero-order chi connectivity index (χ0) is 14.2. The number of halogens is 1. The van der Waals surface area contributed by atoms with E-state index in [4.69, 9.17) is 20.8 Å². The first kappa shape index (κ1) is 13.9. The van der Waals surface area contributed by atoms with E-state index in [0.717, 1.165) is 16.7 Å². The van der Waals surface area contributed by atoms with E-state index in [9.17, 15) is 5.11 Å². The molecule has 20 heavy (non-hydrogen) atoms. The number of hydrogen-bond donors (Lipinski definition) is 2. The fourth-order valence-electron chi connectivity index (χ4n) is 2.43. The van der Waals surface area contributed by atoms with Crippen molar-refractivity contribution < 1.29 is 14.3 Å². The molecule has 1 aromatic carbocycles. The minimum atomic E-state index is -0.760. The first-order valence-corrected chi connectivity index (χ1v) is 7.16. The third-order valence-corrected chi connectivity index (χ3v) is 3.98. The summed E-state index contributed by atoms with van der Waals surface area (Å²) < 4.78 is 11.0. The number of rotatable bonds is 4. The van der Waals surface area contributed by atoms with Gasteiger partial charge in [-0.25, -0.2) is 0 Å². The fourth-order valence-corrected chi connectivity index (χ4v) is 2.61. The lowest BCUT2D eigenvalue weighted by molar-refractivity contribution is 0.0247. The van der Waals surface area contributed by atoms with Gasteiger partial charge in [0.1, 0.15) is 16.9 Å². The van der Waals surface area contributed by atoms with Crippen molar-refractivity contribution in [2.75, 3.05) is 19.8 Å². The van der Waals surface area contributed by atoms with Gasteiger partial charge in [0.25, 0.3) is 0 Å². The van der Waals surface area contributed by atoms with Gasteiger partial charge in [0.15, 0.2) is 0 Å². The van der Waals surface area contributed by atoms with Gasteiger partial charge in [0, 0.05) is 30.0 Å². The van der Waals surface area contributed by atoms with Gasteiger partial charge in [-0.2, -0.15) is 0 Å². The van der Waals surface area contributed by atoms with Crippen LogP contribution in [-0.2, 0) is 4.74 Å². The number of nitrogens with one attached hydrogen (secondary N) is 1. The van der Waals surface area contributed by atoms with Crippen molar-refractivity contribution in [3.05, 3.63) is 35.0 Å². The molecule has 2 N–H and O–H groups in total. The second-order valence-electron chi connectivity index (χ2n) is 5.46. The van der Waals surface area contributed by atoms with Crippen molar-refractivity contribution in [2.45, 2.75) is 25.0 Å². The maximum Gasteiger partial charge on any atom is 0.134 e. The summed E-state index contributed by atoms with van der Waals surface area (Å²) in [5.41, 5.74) is 0.0600. The second-order valence-corrected chi connectivity index (χ2v) is 5.90. The summed E-state index contributed by atoms with van der Waals surface area (Å²) >= 11 is 5.97. The number of ether oxygens (including phenoxy) is 1. The molecule has 1 aliphatic heterocycles. The summed E-state index contributed by atoms with van der Waals surface area (Å²) in [6.45, 7) is 3.52. The van der Waals surface area contributed by atoms with Crippen LogP contribution in [0.1, 0.15) is 25.1 Å². The highest BCUT2D eigenvalue weighted by molar-refractivity contribution is 6.31. The van der Waals surface area contributed by atoms with Gasteiger partial charge in [0.2, 0.25) is 0 Å². The molecule has 1 aliphatic rings. The lowest BCUT2D eigenvalue weighted by atomic mass is 10.0. The predicted octanol–water partition coefficient (Wildman–Crippen LogP) is 2.89. The summed E-state index contributed by atoms with van der Waals surface area (Å²) in [6.07, 6.45) is 0.669. The molecule has 4 nitrogen and oxygen atoms in total. The van der Waals surface area contributed by atoms with Crippen molar-refractivity contribution in [3.63, 3.8) is 0 Å². The van der Waals surface area contributed by atoms with Crippen LogP contribution in [0.2, 0.25) is 5.02 Å². The first-order valence-electron chi connectivity index (χ1n) is 6.78. The Bertz CT molecular complexity index is 604. The van der Waals surface area contributed by atoms with Crippen LogP contribution in [0.3, 0.4) is 0 Å². The van der Waals surface area contributed by atoms with Crippen LogP contribution in [-0.4, -0.2) is 30.5 Å². The molecule has 0 saturated carbocycles. The van der Waals surface area contributed by atoms with E-state index in [2.05, 4.69) is 5.32 Å². The van der Waals surface area contributed by atoms with Crippen molar-refractivity contribution in [1.29, 1.82) is 0 Å². The zero-order valence-corrected chi connectivity index (χ0v) is 12.1. The topological polar surface area (TPSA) is 54.6 Å². The molecule has 2 atom stereocenters. The monoisotopic (exact) mass is 295 g/mol. The molecule has 3 rings (SSSR count). The number of furan rings is 1. The molecule has 2 aromatic rings. The molecule has 5 heteroatoms. The molecule has 0 unspecified atom stereocenters. The second kappa shape index (κ2) is 5.37. The zero-order valence-electron chi connectivity index (χ0n) is 11.4. The normalized spacial score (nSPS) is 24.4. The quantitative estimate of drug-likeness (QED) is 0.911. The lowest BCUT2D eigenvalue weighted by Crippen LogP contribution is -2.41. The van der Waals surface area contributed by atoms with Crippen molar-refractivity contribution >= 4 is 22.6 Å². The maximum atomic E-state index is 10.2. The summed E-state index contributed by atoms with van der Waals surface area (Å²) in [5, 5.41) is 15.2. The smallest absolute Gasteiger partial charge is 0.134 e. The molecule has 108 valence electrons. The molecule has 0 aliphatic carbocycles. The van der Waals surface area contributed by atoms with Gasteiger partial charge in [-0.1, -0.05) is 11.6 Å². The lowest BCUT2D eigenvalue weighted by Gasteiger charge is -2.22. The standard InChI is InChI=1S/C15H18ClNO3/c1-10(17-8-15(18)4-5-19-9-15)14-7-11-6-12(16)2-3-13(11)20-14/h2-3,6-7,10,17-18H,4-5,8-9H2,1H3/t10-,15-/m1/s1. The van der Waals surface area contributed by atoms with E-state index < -0.39 is 5.60 Å². The number of benzene rings is 1. The van der Waals surface area contributed by atoms with Crippen LogP contribution in [0, 0.1) is 0 Å². The molecule has 2 heterocycles. The van der Waals surface area contributed by atoms with E-state index in [-0.39, 0.29) is 6.04 Å². The highest BCUT2D eigenvalue weighted by Crippen LogP contribution is 2.27. The summed E-state index contributed by atoms with van der Waals surface area (Å²) in [4.78, 5) is 0. The third kappa shape index (κ3) is 2.83. The molecule has 0 amide bonds. The van der Waals surface area contributed by atoms with Crippen molar-refractivity contribution in [3.8, 4) is 0 Å². The number of hydrogen-bond acceptors (Lipinski definition) is 4. The molecular weight excluding hydrogens is 278 g/mol. The number of fused-ring (bicyclic) bond motifs is 1. The maximum absolute atomic E-state index is 10.2. The Morgan fingerprint density at radius 2 is 2.30 bits per heavy atom. The van der Waals surface area contributed by atoms with Crippen LogP contribution < -0.4 is 5.32 Å². The van der Waals surface area contributed by atoms with Gasteiger partial charge in [-0.3, -0.25) is 0 Å². The van der Waals surface area contributed by atoms with E-state index in [0.29, 0.717) is 31.2 Å². The van der Waals surface area contributed by atoms with Crippen molar-refractivity contribution in [2.24, 2.45) is 0 Å². The third-order valence-electron chi connectivity index (χ3n) is 3.74. The highest BCUT2D eigenvalue weighted by Gasteiger charge is 2.32. The minimum Gasteiger partial charge on any atom is -0.459 e. The van der Waals surface area contributed by atoms with E-state index in [1.807, 2.05) is 31.2 Å². The van der Waals surface area contributed by atoms with Crippen LogP contribution in [0.5, 0.6) is 0 Å². The van der Waals surface area contributed by atoms with Crippen LogP contribution in [0.25, 0.3) is 11.0 Å². The Morgan fingerprint density at radius 1 is 1.45 bits per heavy atom. The molecule has 0 bridgehead atoms. The van der Waals surface area contributed by atoms with E-state index in [1.165, 1.54) is 0 Å². The Balaban J connectivity index is 1.70. The van der Waals surface area contributed by atoms with Crippen LogP contribution in [0.15, 0.2) is 28.7 Å². The average Bonchev–Trinajstić information content (AvgIpc) is 3.02. The first-order chi connectivity index (χ1) is 9.56. The van der Waals surface area contributed by atoms with Gasteiger partial charge in [-0.05, 0) is 31.2 Å². The largest absolute Gasteiger partial charge is 0.459 e. The fraction of sp³-hybridized carbons (Fsp3) is 0.467. The van der Waals surface area contributed by atoms with Crippen molar-refractivity contribution in [1.82, 2.24) is 5.32 Å². The Labute approximate surface area is 122 Å². The Hall–Kier alpha value is -1.07. The summed E-state index contributed by atoms with van der Waals surface area (Å²) in [6, 6.07) is 7.56. The number of aliphatic hydroxyl groups is 1. The SMILES string of the molecule is C[C@@H](NC[C@]1(O)CCOC1)c1cc2cc(Cl)ccc2o1. The van der Waals surface area contributed by atoms with E-state index >= 15 is 0 Å². The molecule has 1 fully saturated rings. The summed E-state index contributed by atoms with van der Waals surface area (Å²) in [5.74, 6) is 0.838. The van der Waals surface area contributed by atoms with Crippen LogP contribution >= 0.6 is 11.6 Å².